The van der Waals surface area contributed by atoms with E-state index >= 15 is 0 Å². The maximum absolute atomic E-state index is 10.5. The molecule has 0 bridgehead atoms. The second-order valence-corrected chi connectivity index (χ2v) is 4.32. The Kier molecular flexibility index (Phi) is 7.27. The Balaban J connectivity index is 3.83. The van der Waals surface area contributed by atoms with E-state index in [1.165, 1.54) is 11.1 Å². The maximum Gasteiger partial charge on any atom is 0.330 e. The topological polar surface area (TPSA) is 37.3 Å². The fourth-order valence-electron chi connectivity index (χ4n) is 1.29. The van der Waals surface area contributed by atoms with Crippen LogP contribution in [-0.2, 0) is 4.79 Å². The molecule has 0 radical (unpaired) electrons. The molecule has 0 rings (SSSR count). The predicted molar refractivity (Wildman–Crippen MR) is 68.4 cm³/mol. The van der Waals surface area contributed by atoms with Crippen LogP contribution >= 0.6 is 0 Å². The van der Waals surface area contributed by atoms with Gasteiger partial charge in [0, 0.05) is 5.57 Å². The molecule has 90 valence electrons. The first-order chi connectivity index (χ1) is 7.43. The van der Waals surface area contributed by atoms with Crippen molar-refractivity contribution in [2.24, 2.45) is 0 Å². The number of rotatable bonds is 7. The predicted octanol–water partition coefficient (Wildman–Crippen LogP) is 4.10. The van der Waals surface area contributed by atoms with E-state index in [0.717, 1.165) is 19.3 Å². The van der Waals surface area contributed by atoms with Gasteiger partial charge in [-0.15, -0.1) is 0 Å². The molecule has 0 aliphatic carbocycles. The van der Waals surface area contributed by atoms with Crippen molar-refractivity contribution in [3.8, 4) is 0 Å². The third kappa shape index (κ3) is 8.04. The molecule has 0 saturated heterocycles. The van der Waals surface area contributed by atoms with Gasteiger partial charge in [-0.1, -0.05) is 29.9 Å². The summed E-state index contributed by atoms with van der Waals surface area (Å²) in [5.41, 5.74) is 2.94. The van der Waals surface area contributed by atoms with Crippen LogP contribution in [0, 0.1) is 0 Å². The number of carboxylic acid groups (broad SMARTS) is 1. The summed E-state index contributed by atoms with van der Waals surface area (Å²) < 4.78 is 0. The van der Waals surface area contributed by atoms with Crippen molar-refractivity contribution in [2.45, 2.75) is 46.5 Å². The van der Waals surface area contributed by atoms with E-state index in [2.05, 4.69) is 39.5 Å². The molecule has 0 fully saturated rings. The summed E-state index contributed by atoms with van der Waals surface area (Å²) in [6, 6.07) is 0. The number of hydrogen-bond donors (Lipinski definition) is 1. The van der Waals surface area contributed by atoms with Gasteiger partial charge in [0.15, 0.2) is 0 Å². The van der Waals surface area contributed by atoms with Gasteiger partial charge in [0.25, 0.3) is 0 Å². The molecule has 0 spiro atoms. The first-order valence-electron chi connectivity index (χ1n) is 5.63. The van der Waals surface area contributed by atoms with E-state index in [9.17, 15) is 4.79 Å². The summed E-state index contributed by atoms with van der Waals surface area (Å²) >= 11 is 0. The minimum absolute atomic E-state index is 0.286. The van der Waals surface area contributed by atoms with Gasteiger partial charge >= 0.3 is 5.97 Å². The molecule has 0 heterocycles. The number of hydrogen-bond acceptors (Lipinski definition) is 1. The van der Waals surface area contributed by atoms with Crippen molar-refractivity contribution >= 4 is 5.97 Å². The van der Waals surface area contributed by atoms with Crippen LogP contribution in [0.4, 0.5) is 0 Å². The summed E-state index contributed by atoms with van der Waals surface area (Å²) in [6.45, 7) is 9.77. The van der Waals surface area contributed by atoms with E-state index in [1.807, 2.05) is 0 Å². The van der Waals surface area contributed by atoms with Gasteiger partial charge in [-0.05, 0) is 46.5 Å². The summed E-state index contributed by atoms with van der Waals surface area (Å²) in [6.07, 6.45) is 7.73. The van der Waals surface area contributed by atoms with Crippen LogP contribution in [0.2, 0.25) is 0 Å². The molecule has 16 heavy (non-hydrogen) atoms. The Labute approximate surface area is 98.4 Å². The van der Waals surface area contributed by atoms with E-state index in [4.69, 9.17) is 5.11 Å². The van der Waals surface area contributed by atoms with Crippen LogP contribution in [0.1, 0.15) is 46.5 Å². The molecular weight excluding hydrogens is 200 g/mol. The Morgan fingerprint density at radius 2 is 1.69 bits per heavy atom. The monoisotopic (exact) mass is 222 g/mol. The van der Waals surface area contributed by atoms with Crippen molar-refractivity contribution in [1.82, 2.24) is 0 Å². The summed E-state index contributed by atoms with van der Waals surface area (Å²) in [4.78, 5) is 10.5. The molecule has 0 saturated carbocycles. The minimum atomic E-state index is -0.893. The second-order valence-electron chi connectivity index (χ2n) is 4.32. The quantitative estimate of drug-likeness (QED) is 0.520. The molecule has 0 unspecified atom stereocenters. The van der Waals surface area contributed by atoms with Crippen LogP contribution < -0.4 is 0 Å². The Morgan fingerprint density at radius 3 is 2.19 bits per heavy atom. The molecule has 1 N–H and O–H groups in total. The van der Waals surface area contributed by atoms with Crippen LogP contribution in [-0.4, -0.2) is 11.1 Å². The van der Waals surface area contributed by atoms with Gasteiger partial charge in [-0.3, -0.25) is 0 Å². The largest absolute Gasteiger partial charge is 0.478 e. The van der Waals surface area contributed by atoms with E-state index in [1.54, 1.807) is 0 Å². The standard InChI is InChI=1S/C14H22O2/c1-11(2)7-5-8-12(3)9-6-10-13(4)14(15)16/h7,9H,4-6,8,10H2,1-3H3,(H,15,16)/b12-9+. The highest BCUT2D eigenvalue weighted by Crippen LogP contribution is 2.10. The average molecular weight is 222 g/mol. The maximum atomic E-state index is 10.5. The molecule has 0 atom stereocenters. The third-order valence-corrected chi connectivity index (χ3v) is 2.33. The first kappa shape index (κ1) is 14.7. The number of carboxylic acids is 1. The Morgan fingerprint density at radius 1 is 1.12 bits per heavy atom. The molecule has 0 aromatic heterocycles. The number of aliphatic carboxylic acids is 1. The summed E-state index contributed by atoms with van der Waals surface area (Å²) in [5, 5.41) is 8.62. The van der Waals surface area contributed by atoms with Crippen molar-refractivity contribution < 1.29 is 9.90 Å². The lowest BCUT2D eigenvalue weighted by Crippen LogP contribution is -1.97. The molecule has 0 aliphatic heterocycles. The summed E-state index contributed by atoms with van der Waals surface area (Å²) in [5.74, 6) is -0.893. The Hall–Kier alpha value is -1.31. The van der Waals surface area contributed by atoms with Gasteiger partial charge < -0.3 is 5.11 Å². The molecule has 2 nitrogen and oxygen atoms in total. The highest BCUT2D eigenvalue weighted by atomic mass is 16.4. The molecule has 0 aromatic carbocycles. The third-order valence-electron chi connectivity index (χ3n) is 2.33. The van der Waals surface area contributed by atoms with E-state index in [0.29, 0.717) is 6.42 Å². The zero-order valence-corrected chi connectivity index (χ0v) is 10.5. The van der Waals surface area contributed by atoms with Crippen molar-refractivity contribution in [1.29, 1.82) is 0 Å². The molecular formula is C14H22O2. The normalized spacial score (nSPS) is 11.1. The van der Waals surface area contributed by atoms with Crippen LogP contribution in [0.25, 0.3) is 0 Å². The fourth-order valence-corrected chi connectivity index (χ4v) is 1.29. The lowest BCUT2D eigenvalue weighted by Gasteiger charge is -2.00. The minimum Gasteiger partial charge on any atom is -0.478 e. The fraction of sp³-hybridized carbons (Fsp3) is 0.500. The molecule has 0 aliphatic rings. The first-order valence-corrected chi connectivity index (χ1v) is 5.63. The number of allylic oxidation sites excluding steroid dienone is 4. The second kappa shape index (κ2) is 7.91. The molecule has 0 amide bonds. The molecule has 2 heteroatoms. The highest BCUT2D eigenvalue weighted by Gasteiger charge is 2.01. The van der Waals surface area contributed by atoms with Gasteiger partial charge in [-0.25, -0.2) is 4.79 Å². The van der Waals surface area contributed by atoms with Crippen LogP contribution in [0.3, 0.4) is 0 Å². The number of carbonyl (C=O) groups is 1. The van der Waals surface area contributed by atoms with Crippen molar-refractivity contribution in [3.63, 3.8) is 0 Å². The highest BCUT2D eigenvalue weighted by molar-refractivity contribution is 5.85. The lowest BCUT2D eigenvalue weighted by molar-refractivity contribution is -0.132. The zero-order chi connectivity index (χ0) is 12.6. The van der Waals surface area contributed by atoms with Gasteiger partial charge in [0.05, 0.1) is 0 Å². The van der Waals surface area contributed by atoms with Crippen LogP contribution in [0.5, 0.6) is 0 Å². The molecule has 0 aromatic rings. The van der Waals surface area contributed by atoms with Gasteiger partial charge in [0.1, 0.15) is 0 Å². The van der Waals surface area contributed by atoms with Gasteiger partial charge in [0.2, 0.25) is 0 Å². The van der Waals surface area contributed by atoms with E-state index < -0.39 is 5.97 Å². The van der Waals surface area contributed by atoms with Crippen molar-refractivity contribution in [3.05, 3.63) is 35.5 Å². The van der Waals surface area contributed by atoms with Gasteiger partial charge in [-0.2, -0.15) is 0 Å². The summed E-state index contributed by atoms with van der Waals surface area (Å²) in [7, 11) is 0. The van der Waals surface area contributed by atoms with E-state index in [-0.39, 0.29) is 5.57 Å². The lowest BCUT2D eigenvalue weighted by atomic mass is 10.1. The Bertz CT molecular complexity index is 305. The SMILES string of the molecule is C=C(CC/C=C(\C)CCC=C(C)C)C(=O)O. The smallest absolute Gasteiger partial charge is 0.330 e. The van der Waals surface area contributed by atoms with Crippen molar-refractivity contribution in [2.75, 3.05) is 0 Å². The van der Waals surface area contributed by atoms with Crippen LogP contribution in [0.15, 0.2) is 35.5 Å². The zero-order valence-electron chi connectivity index (χ0n) is 10.5. The average Bonchev–Trinajstić information content (AvgIpc) is 2.16.